The fourth-order valence-corrected chi connectivity index (χ4v) is 1.63. The number of carbonyl (C=O) groups excluding carboxylic acids is 1. The molecular weight excluding hydrogens is 268 g/mol. The number of aryl methyl sites for hydroxylation is 1. The van der Waals surface area contributed by atoms with E-state index in [0.717, 1.165) is 23.4 Å². The Balaban J connectivity index is 1.87. The molecule has 2 N–H and O–H groups in total. The Morgan fingerprint density at radius 1 is 1.43 bits per heavy atom. The average molecular weight is 286 g/mol. The van der Waals surface area contributed by atoms with E-state index in [0.29, 0.717) is 12.3 Å². The van der Waals surface area contributed by atoms with Gasteiger partial charge in [-0.25, -0.2) is 5.43 Å². The van der Waals surface area contributed by atoms with Gasteiger partial charge in [0.15, 0.2) is 5.69 Å². The summed E-state index contributed by atoms with van der Waals surface area (Å²) < 4.78 is 5.49. The molecule has 1 aromatic carbocycles. The van der Waals surface area contributed by atoms with Crippen molar-refractivity contribution >= 4 is 12.1 Å². The summed E-state index contributed by atoms with van der Waals surface area (Å²) in [6.45, 7) is 4.59. The van der Waals surface area contributed by atoms with Crippen LogP contribution in [0.15, 0.2) is 35.4 Å². The number of H-pyrrole nitrogens is 1. The quantitative estimate of drug-likeness (QED) is 0.631. The van der Waals surface area contributed by atoms with E-state index in [1.807, 2.05) is 31.2 Å². The van der Waals surface area contributed by atoms with Crippen molar-refractivity contribution in [3.8, 4) is 5.75 Å². The Hall–Kier alpha value is -2.63. The first-order valence-electron chi connectivity index (χ1n) is 6.77. The van der Waals surface area contributed by atoms with Crippen LogP contribution in [0.3, 0.4) is 0 Å². The van der Waals surface area contributed by atoms with Crippen LogP contribution in [0.5, 0.6) is 5.75 Å². The van der Waals surface area contributed by atoms with Crippen LogP contribution in [0.1, 0.15) is 35.1 Å². The van der Waals surface area contributed by atoms with Crippen molar-refractivity contribution in [2.24, 2.45) is 5.10 Å². The van der Waals surface area contributed by atoms with Crippen molar-refractivity contribution in [3.63, 3.8) is 0 Å². The number of hydrogen-bond donors (Lipinski definition) is 2. The van der Waals surface area contributed by atoms with E-state index in [-0.39, 0.29) is 5.91 Å². The zero-order valence-electron chi connectivity index (χ0n) is 12.1. The van der Waals surface area contributed by atoms with Crippen molar-refractivity contribution in [2.45, 2.75) is 20.3 Å². The van der Waals surface area contributed by atoms with E-state index in [4.69, 9.17) is 4.74 Å². The number of amides is 1. The van der Waals surface area contributed by atoms with Gasteiger partial charge in [0.25, 0.3) is 5.91 Å². The molecule has 0 radical (unpaired) electrons. The minimum absolute atomic E-state index is 0.313. The van der Waals surface area contributed by atoms with Crippen LogP contribution in [0.25, 0.3) is 0 Å². The predicted octanol–water partition coefficient (Wildman–Crippen LogP) is 2.27. The highest BCUT2D eigenvalue weighted by atomic mass is 16.5. The Kier molecular flexibility index (Phi) is 5.09. The van der Waals surface area contributed by atoms with E-state index in [1.165, 1.54) is 0 Å². The van der Waals surface area contributed by atoms with Gasteiger partial charge >= 0.3 is 0 Å². The summed E-state index contributed by atoms with van der Waals surface area (Å²) >= 11 is 0. The zero-order chi connectivity index (χ0) is 15.1. The first-order chi connectivity index (χ1) is 10.2. The smallest absolute Gasteiger partial charge is 0.291 e. The number of aromatic amines is 1. The number of ether oxygens (including phenoxy) is 1. The molecule has 0 saturated heterocycles. The lowest BCUT2D eigenvalue weighted by Crippen LogP contribution is -2.17. The zero-order valence-corrected chi connectivity index (χ0v) is 12.1. The van der Waals surface area contributed by atoms with Gasteiger partial charge in [-0.3, -0.25) is 9.89 Å². The molecule has 1 heterocycles. The van der Waals surface area contributed by atoms with E-state index in [2.05, 4.69) is 27.6 Å². The van der Waals surface area contributed by atoms with Gasteiger partial charge in [0, 0.05) is 5.69 Å². The molecular formula is C15H18N4O2. The molecule has 0 aliphatic carbocycles. The molecule has 110 valence electrons. The Morgan fingerprint density at radius 3 is 2.81 bits per heavy atom. The number of benzene rings is 1. The molecule has 0 bridgehead atoms. The molecule has 0 unspecified atom stereocenters. The van der Waals surface area contributed by atoms with Gasteiger partial charge in [-0.2, -0.15) is 10.2 Å². The lowest BCUT2D eigenvalue weighted by molar-refractivity contribution is 0.0950. The van der Waals surface area contributed by atoms with Crippen molar-refractivity contribution in [1.82, 2.24) is 15.6 Å². The molecule has 6 heteroatoms. The van der Waals surface area contributed by atoms with Gasteiger partial charge in [-0.15, -0.1) is 0 Å². The van der Waals surface area contributed by atoms with E-state index >= 15 is 0 Å². The maximum Gasteiger partial charge on any atom is 0.291 e. The summed E-state index contributed by atoms with van der Waals surface area (Å²) in [6, 6.07) is 9.15. The fraction of sp³-hybridized carbons (Fsp3) is 0.267. The van der Waals surface area contributed by atoms with Crippen molar-refractivity contribution < 1.29 is 9.53 Å². The third-order valence-corrected chi connectivity index (χ3v) is 2.67. The molecule has 1 amide bonds. The molecule has 0 fully saturated rings. The molecule has 0 spiro atoms. The maximum absolute atomic E-state index is 11.7. The Labute approximate surface area is 123 Å². The van der Waals surface area contributed by atoms with Crippen LogP contribution in [0.2, 0.25) is 0 Å². The van der Waals surface area contributed by atoms with E-state index in [1.54, 1.807) is 12.3 Å². The molecule has 2 aromatic rings. The molecule has 1 aromatic heterocycles. The minimum atomic E-state index is -0.349. The number of carbonyl (C=O) groups is 1. The second kappa shape index (κ2) is 7.23. The molecule has 6 nitrogen and oxygen atoms in total. The summed E-state index contributed by atoms with van der Waals surface area (Å²) in [5, 5.41) is 10.5. The number of aromatic nitrogens is 2. The highest BCUT2D eigenvalue weighted by Crippen LogP contribution is 2.11. The molecule has 0 aliphatic rings. The second-order valence-corrected chi connectivity index (χ2v) is 4.55. The molecule has 21 heavy (non-hydrogen) atoms. The van der Waals surface area contributed by atoms with Crippen molar-refractivity contribution in [3.05, 3.63) is 47.3 Å². The number of rotatable bonds is 6. The average Bonchev–Trinajstić information content (AvgIpc) is 2.93. The van der Waals surface area contributed by atoms with Gasteiger partial charge in [-0.1, -0.05) is 6.92 Å². The van der Waals surface area contributed by atoms with Crippen LogP contribution in [-0.4, -0.2) is 28.9 Å². The van der Waals surface area contributed by atoms with Gasteiger partial charge in [0.1, 0.15) is 5.75 Å². The van der Waals surface area contributed by atoms with Crippen LogP contribution in [0.4, 0.5) is 0 Å². The highest BCUT2D eigenvalue weighted by Gasteiger charge is 2.07. The largest absolute Gasteiger partial charge is 0.494 e. The normalized spacial score (nSPS) is 10.8. The SMILES string of the molecule is CCCOc1ccc(C=NNC(=O)c2cc(C)[nH]n2)cc1. The summed E-state index contributed by atoms with van der Waals surface area (Å²) in [5.74, 6) is 0.475. The first-order valence-corrected chi connectivity index (χ1v) is 6.77. The summed E-state index contributed by atoms with van der Waals surface area (Å²) in [4.78, 5) is 11.7. The summed E-state index contributed by atoms with van der Waals surface area (Å²) in [6.07, 6.45) is 2.54. The lowest BCUT2D eigenvalue weighted by atomic mass is 10.2. The number of nitrogens with one attached hydrogen (secondary N) is 2. The molecule has 2 rings (SSSR count). The van der Waals surface area contributed by atoms with Crippen molar-refractivity contribution in [2.75, 3.05) is 6.61 Å². The molecule has 0 saturated carbocycles. The van der Waals surface area contributed by atoms with Gasteiger partial charge in [0.05, 0.1) is 12.8 Å². The molecule has 0 aliphatic heterocycles. The fourth-order valence-electron chi connectivity index (χ4n) is 1.63. The number of hydrogen-bond acceptors (Lipinski definition) is 4. The van der Waals surface area contributed by atoms with Gasteiger partial charge in [0.2, 0.25) is 0 Å². The minimum Gasteiger partial charge on any atom is -0.494 e. The topological polar surface area (TPSA) is 79.4 Å². The van der Waals surface area contributed by atoms with Crippen LogP contribution in [0, 0.1) is 6.92 Å². The predicted molar refractivity (Wildman–Crippen MR) is 80.6 cm³/mol. The van der Waals surface area contributed by atoms with Gasteiger partial charge in [-0.05, 0) is 49.2 Å². The number of hydrazone groups is 1. The second-order valence-electron chi connectivity index (χ2n) is 4.55. The van der Waals surface area contributed by atoms with Crippen LogP contribution in [-0.2, 0) is 0 Å². The lowest BCUT2D eigenvalue weighted by Gasteiger charge is -2.03. The summed E-state index contributed by atoms with van der Waals surface area (Å²) in [7, 11) is 0. The highest BCUT2D eigenvalue weighted by molar-refractivity contribution is 5.93. The first kappa shape index (κ1) is 14.8. The Morgan fingerprint density at radius 2 is 2.19 bits per heavy atom. The van der Waals surface area contributed by atoms with Crippen LogP contribution < -0.4 is 10.2 Å². The Bertz CT molecular complexity index is 617. The van der Waals surface area contributed by atoms with E-state index < -0.39 is 0 Å². The monoisotopic (exact) mass is 286 g/mol. The maximum atomic E-state index is 11.7. The molecule has 0 atom stereocenters. The van der Waals surface area contributed by atoms with E-state index in [9.17, 15) is 4.79 Å². The van der Waals surface area contributed by atoms with Gasteiger partial charge < -0.3 is 4.74 Å². The third kappa shape index (κ3) is 4.45. The standard InChI is InChI=1S/C15H18N4O2/c1-3-8-21-13-6-4-12(5-7-13)10-16-19-15(20)14-9-11(2)17-18-14/h4-7,9-10H,3,8H2,1-2H3,(H,17,18)(H,19,20). The summed E-state index contributed by atoms with van der Waals surface area (Å²) in [5.41, 5.74) is 4.44. The van der Waals surface area contributed by atoms with Crippen molar-refractivity contribution in [1.29, 1.82) is 0 Å². The third-order valence-electron chi connectivity index (χ3n) is 2.67. The number of nitrogens with zero attached hydrogens (tertiary/aromatic N) is 2. The van der Waals surface area contributed by atoms with Crippen LogP contribution >= 0.6 is 0 Å².